The van der Waals surface area contributed by atoms with E-state index in [1.54, 1.807) is 6.20 Å². The topological polar surface area (TPSA) is 58.9 Å². The molecule has 1 N–H and O–H groups in total. The van der Waals surface area contributed by atoms with Crippen LogP contribution in [0.25, 0.3) is 11.3 Å². The fraction of sp³-hybridized carbons (Fsp3) is 0.350. The normalized spacial score (nSPS) is 15.7. The SMILES string of the molecule is c1cc(Cn2cccn2)cc(-c2cnc(CN3CCCNCC3)cn2)c1. The Kier molecular flexibility index (Phi) is 5.33. The largest absolute Gasteiger partial charge is 0.315 e. The van der Waals surface area contributed by atoms with Crippen molar-refractivity contribution in [2.75, 3.05) is 26.2 Å². The number of nitrogens with zero attached hydrogens (tertiary/aromatic N) is 5. The van der Waals surface area contributed by atoms with Crippen molar-refractivity contribution in [1.82, 2.24) is 30.0 Å². The first-order valence-corrected chi connectivity index (χ1v) is 9.17. The third-order valence-corrected chi connectivity index (χ3v) is 4.65. The Morgan fingerprint density at radius 2 is 2.00 bits per heavy atom. The van der Waals surface area contributed by atoms with Gasteiger partial charge in [0.1, 0.15) is 0 Å². The monoisotopic (exact) mass is 348 g/mol. The molecule has 1 saturated heterocycles. The molecule has 3 aromatic rings. The second-order valence-electron chi connectivity index (χ2n) is 6.68. The van der Waals surface area contributed by atoms with Crippen molar-refractivity contribution >= 4 is 0 Å². The summed E-state index contributed by atoms with van der Waals surface area (Å²) in [7, 11) is 0. The molecule has 1 aliphatic rings. The summed E-state index contributed by atoms with van der Waals surface area (Å²) in [6.45, 7) is 5.97. The number of benzene rings is 1. The van der Waals surface area contributed by atoms with Crippen molar-refractivity contribution in [3.63, 3.8) is 0 Å². The first kappa shape index (κ1) is 16.9. The van der Waals surface area contributed by atoms with Gasteiger partial charge in [0.2, 0.25) is 0 Å². The molecule has 1 aliphatic heterocycles. The van der Waals surface area contributed by atoms with Crippen LogP contribution >= 0.6 is 0 Å². The average molecular weight is 348 g/mol. The van der Waals surface area contributed by atoms with Crippen LogP contribution in [0.4, 0.5) is 0 Å². The van der Waals surface area contributed by atoms with Gasteiger partial charge in [0.25, 0.3) is 0 Å². The first-order valence-electron chi connectivity index (χ1n) is 9.17. The van der Waals surface area contributed by atoms with Gasteiger partial charge in [0.05, 0.1) is 30.3 Å². The highest BCUT2D eigenvalue weighted by molar-refractivity contribution is 5.58. The molecular formula is C20H24N6. The molecule has 2 aromatic heterocycles. The van der Waals surface area contributed by atoms with E-state index in [0.717, 1.165) is 56.2 Å². The van der Waals surface area contributed by atoms with Crippen LogP contribution < -0.4 is 5.32 Å². The third-order valence-electron chi connectivity index (χ3n) is 4.65. The molecule has 0 atom stereocenters. The Labute approximate surface area is 153 Å². The zero-order chi connectivity index (χ0) is 17.6. The zero-order valence-electron chi connectivity index (χ0n) is 14.9. The molecule has 6 heteroatoms. The highest BCUT2D eigenvalue weighted by atomic mass is 15.3. The van der Waals surface area contributed by atoms with E-state index in [0.29, 0.717) is 0 Å². The molecule has 6 nitrogen and oxygen atoms in total. The van der Waals surface area contributed by atoms with Gasteiger partial charge in [-0.1, -0.05) is 18.2 Å². The van der Waals surface area contributed by atoms with Gasteiger partial charge in [-0.15, -0.1) is 0 Å². The van der Waals surface area contributed by atoms with E-state index in [1.165, 1.54) is 12.0 Å². The van der Waals surface area contributed by atoms with Crippen LogP contribution in [0.15, 0.2) is 55.1 Å². The van der Waals surface area contributed by atoms with Crippen LogP contribution in [0.2, 0.25) is 0 Å². The lowest BCUT2D eigenvalue weighted by molar-refractivity contribution is 0.280. The molecule has 134 valence electrons. The molecule has 1 fully saturated rings. The fourth-order valence-corrected chi connectivity index (χ4v) is 3.28. The van der Waals surface area contributed by atoms with Crippen LogP contribution in [0.1, 0.15) is 17.7 Å². The summed E-state index contributed by atoms with van der Waals surface area (Å²) < 4.78 is 1.92. The van der Waals surface area contributed by atoms with E-state index >= 15 is 0 Å². The van der Waals surface area contributed by atoms with Crippen LogP contribution in [0.3, 0.4) is 0 Å². The lowest BCUT2D eigenvalue weighted by atomic mass is 10.1. The predicted octanol–water partition coefficient (Wildman–Crippen LogP) is 2.18. The molecule has 0 saturated carbocycles. The molecule has 26 heavy (non-hydrogen) atoms. The zero-order valence-corrected chi connectivity index (χ0v) is 14.9. The predicted molar refractivity (Wildman–Crippen MR) is 102 cm³/mol. The summed E-state index contributed by atoms with van der Waals surface area (Å²) in [5.74, 6) is 0. The average Bonchev–Trinajstić information content (AvgIpc) is 3.05. The summed E-state index contributed by atoms with van der Waals surface area (Å²) in [6, 6.07) is 10.4. The summed E-state index contributed by atoms with van der Waals surface area (Å²) >= 11 is 0. The molecular weight excluding hydrogens is 324 g/mol. The van der Waals surface area contributed by atoms with E-state index in [1.807, 2.05) is 29.3 Å². The Hall–Kier alpha value is -2.57. The van der Waals surface area contributed by atoms with Crippen LogP contribution in [0.5, 0.6) is 0 Å². The third kappa shape index (κ3) is 4.33. The summed E-state index contributed by atoms with van der Waals surface area (Å²) in [6.07, 6.45) is 8.76. The number of hydrogen-bond acceptors (Lipinski definition) is 5. The lowest BCUT2D eigenvalue weighted by Crippen LogP contribution is -2.28. The minimum atomic E-state index is 0.759. The second kappa shape index (κ2) is 8.21. The summed E-state index contributed by atoms with van der Waals surface area (Å²) in [4.78, 5) is 11.7. The van der Waals surface area contributed by atoms with E-state index in [-0.39, 0.29) is 0 Å². The van der Waals surface area contributed by atoms with Crippen molar-refractivity contribution < 1.29 is 0 Å². The molecule has 1 aromatic carbocycles. The van der Waals surface area contributed by atoms with Gasteiger partial charge in [-0.25, -0.2) is 0 Å². The van der Waals surface area contributed by atoms with E-state index < -0.39 is 0 Å². The van der Waals surface area contributed by atoms with Gasteiger partial charge in [-0.2, -0.15) is 5.10 Å². The maximum absolute atomic E-state index is 4.65. The van der Waals surface area contributed by atoms with E-state index in [2.05, 4.69) is 49.5 Å². The Morgan fingerprint density at radius 3 is 2.85 bits per heavy atom. The molecule has 3 heterocycles. The number of nitrogens with one attached hydrogen (secondary N) is 1. The van der Waals surface area contributed by atoms with Crippen molar-refractivity contribution in [3.8, 4) is 11.3 Å². The Balaban J connectivity index is 1.44. The van der Waals surface area contributed by atoms with Gasteiger partial charge in [0, 0.05) is 37.6 Å². The summed E-state index contributed by atoms with van der Waals surface area (Å²) in [5, 5.41) is 7.70. The minimum absolute atomic E-state index is 0.759. The lowest BCUT2D eigenvalue weighted by Gasteiger charge is -2.18. The van der Waals surface area contributed by atoms with Gasteiger partial charge in [0.15, 0.2) is 0 Å². The van der Waals surface area contributed by atoms with Crippen molar-refractivity contribution in [1.29, 1.82) is 0 Å². The van der Waals surface area contributed by atoms with Crippen molar-refractivity contribution in [2.45, 2.75) is 19.5 Å². The van der Waals surface area contributed by atoms with Gasteiger partial charge >= 0.3 is 0 Å². The van der Waals surface area contributed by atoms with Gasteiger partial charge in [-0.3, -0.25) is 19.5 Å². The molecule has 0 unspecified atom stereocenters. The van der Waals surface area contributed by atoms with E-state index in [4.69, 9.17) is 0 Å². The van der Waals surface area contributed by atoms with Crippen LogP contribution in [-0.4, -0.2) is 50.8 Å². The quantitative estimate of drug-likeness (QED) is 0.766. The highest BCUT2D eigenvalue weighted by Crippen LogP contribution is 2.18. The molecule has 0 radical (unpaired) electrons. The molecule has 0 amide bonds. The van der Waals surface area contributed by atoms with Crippen molar-refractivity contribution in [3.05, 3.63) is 66.4 Å². The number of aromatic nitrogens is 4. The molecule has 4 rings (SSSR count). The Morgan fingerprint density at radius 1 is 1.00 bits per heavy atom. The van der Waals surface area contributed by atoms with Crippen molar-refractivity contribution in [2.24, 2.45) is 0 Å². The Bertz CT molecular complexity index is 805. The number of rotatable bonds is 5. The van der Waals surface area contributed by atoms with Gasteiger partial charge in [-0.05, 0) is 37.2 Å². The van der Waals surface area contributed by atoms with Gasteiger partial charge < -0.3 is 5.32 Å². The van der Waals surface area contributed by atoms with Crippen LogP contribution in [-0.2, 0) is 13.1 Å². The standard InChI is InChI=1S/C20H24N6/c1-4-17(15-26-10-3-7-24-26)12-18(5-1)20-14-22-19(13-23-20)16-25-9-2-6-21-8-11-25/h1,3-5,7,10,12-14,21H,2,6,8-9,11,15-16H2. The second-order valence-corrected chi connectivity index (χ2v) is 6.68. The maximum atomic E-state index is 4.65. The maximum Gasteiger partial charge on any atom is 0.0885 e. The highest BCUT2D eigenvalue weighted by Gasteiger charge is 2.10. The minimum Gasteiger partial charge on any atom is -0.315 e. The summed E-state index contributed by atoms with van der Waals surface area (Å²) in [5.41, 5.74) is 4.23. The number of hydrogen-bond donors (Lipinski definition) is 1. The van der Waals surface area contributed by atoms with E-state index in [9.17, 15) is 0 Å². The molecule has 0 bridgehead atoms. The molecule has 0 spiro atoms. The molecule has 0 aliphatic carbocycles. The van der Waals surface area contributed by atoms with Crippen LogP contribution in [0, 0.1) is 0 Å². The fourth-order valence-electron chi connectivity index (χ4n) is 3.28. The first-order chi connectivity index (χ1) is 12.9. The smallest absolute Gasteiger partial charge is 0.0885 e.